The standard InChI is InChI=1S/C31H33F4N5O3/c1-38-15-21-17-40(18-22(21)16-38)28-5-3-20(23-10-19(2-4-26(23)32)14-39-6-8-43-9-7-39)11-27(28)37-30(42)24-13-36-29(41)12-25(24)31(33,34)35/h2-5,10-13,21-22,24H,6-9,14-18H2,1H3,(H,37,42). The average molecular weight is 600 g/mol. The monoisotopic (exact) mass is 599 g/mol. The van der Waals surface area contributed by atoms with E-state index in [1.807, 2.05) is 0 Å². The van der Waals surface area contributed by atoms with Gasteiger partial charge < -0.3 is 19.9 Å². The number of likely N-dealkylation sites (tertiary alicyclic amines) is 1. The first-order valence-electron chi connectivity index (χ1n) is 14.4. The van der Waals surface area contributed by atoms with Gasteiger partial charge in [-0.2, -0.15) is 13.2 Å². The zero-order valence-electron chi connectivity index (χ0n) is 23.7. The van der Waals surface area contributed by atoms with Gasteiger partial charge in [0.1, 0.15) is 11.7 Å². The van der Waals surface area contributed by atoms with E-state index in [1.165, 1.54) is 6.07 Å². The number of hydrogen-bond acceptors (Lipinski definition) is 6. The van der Waals surface area contributed by atoms with Gasteiger partial charge in [0, 0.05) is 63.7 Å². The molecule has 0 aliphatic carbocycles. The Morgan fingerprint density at radius 1 is 1.05 bits per heavy atom. The number of ether oxygens (including phenoxy) is 1. The number of morpholine rings is 1. The molecule has 3 atom stereocenters. The second-order valence-corrected chi connectivity index (χ2v) is 11.8. The Kier molecular flexibility index (Phi) is 8.10. The molecule has 0 spiro atoms. The predicted molar refractivity (Wildman–Crippen MR) is 154 cm³/mol. The molecule has 3 saturated heterocycles. The Morgan fingerprint density at radius 3 is 2.47 bits per heavy atom. The van der Waals surface area contributed by atoms with Gasteiger partial charge in [-0.25, -0.2) is 9.38 Å². The van der Waals surface area contributed by atoms with Crippen molar-refractivity contribution in [2.75, 3.05) is 69.7 Å². The first-order valence-corrected chi connectivity index (χ1v) is 14.4. The molecule has 4 aliphatic rings. The number of amides is 2. The van der Waals surface area contributed by atoms with Gasteiger partial charge in [-0.3, -0.25) is 14.5 Å². The third kappa shape index (κ3) is 6.36. The number of carbonyl (C=O) groups is 2. The molecule has 1 N–H and O–H groups in total. The van der Waals surface area contributed by atoms with Crippen LogP contribution in [0.5, 0.6) is 0 Å². The number of carbonyl (C=O) groups excluding carboxylic acids is 2. The molecule has 0 bridgehead atoms. The lowest BCUT2D eigenvalue weighted by Gasteiger charge is -2.27. The van der Waals surface area contributed by atoms with Crippen LogP contribution in [0.3, 0.4) is 0 Å². The van der Waals surface area contributed by atoms with Crippen LogP contribution in [0, 0.1) is 23.6 Å². The summed E-state index contributed by atoms with van der Waals surface area (Å²) in [5, 5.41) is 2.68. The molecule has 8 nitrogen and oxygen atoms in total. The maximum absolute atomic E-state index is 15.2. The smallest absolute Gasteiger partial charge is 0.379 e. The highest BCUT2D eigenvalue weighted by molar-refractivity contribution is 6.11. The number of alkyl halides is 3. The Morgan fingerprint density at radius 2 is 1.77 bits per heavy atom. The van der Waals surface area contributed by atoms with E-state index < -0.39 is 35.3 Å². The predicted octanol–water partition coefficient (Wildman–Crippen LogP) is 3.98. The highest BCUT2D eigenvalue weighted by Gasteiger charge is 2.44. The van der Waals surface area contributed by atoms with Gasteiger partial charge in [-0.1, -0.05) is 12.1 Å². The first kappa shape index (κ1) is 29.5. The molecule has 6 rings (SSSR count). The maximum Gasteiger partial charge on any atom is 0.414 e. The van der Waals surface area contributed by atoms with Gasteiger partial charge >= 0.3 is 6.18 Å². The fourth-order valence-electron chi connectivity index (χ4n) is 6.58. The molecule has 0 aromatic heterocycles. The molecule has 3 fully saturated rings. The minimum absolute atomic E-state index is 0.278. The number of hydrogen-bond donors (Lipinski definition) is 1. The summed E-state index contributed by atoms with van der Waals surface area (Å²) in [5.74, 6) is -3.43. The summed E-state index contributed by atoms with van der Waals surface area (Å²) in [4.78, 5) is 35.0. The van der Waals surface area contributed by atoms with Crippen LogP contribution in [-0.4, -0.2) is 93.5 Å². The molecule has 43 heavy (non-hydrogen) atoms. The van der Waals surface area contributed by atoms with Crippen molar-refractivity contribution < 1.29 is 31.9 Å². The summed E-state index contributed by atoms with van der Waals surface area (Å²) in [5.41, 5.74) is 1.38. The van der Waals surface area contributed by atoms with E-state index in [1.54, 1.807) is 30.3 Å². The van der Waals surface area contributed by atoms with Crippen molar-refractivity contribution in [1.82, 2.24) is 9.80 Å². The Hall–Kier alpha value is -3.61. The van der Waals surface area contributed by atoms with Crippen LogP contribution in [0.25, 0.3) is 11.1 Å². The van der Waals surface area contributed by atoms with Crippen molar-refractivity contribution in [3.8, 4) is 11.1 Å². The highest BCUT2D eigenvalue weighted by Crippen LogP contribution is 2.40. The molecule has 2 aromatic carbocycles. The molecule has 2 aromatic rings. The fraction of sp³-hybridized carbons (Fsp3) is 0.452. The molecule has 2 amide bonds. The maximum atomic E-state index is 15.2. The van der Waals surface area contributed by atoms with Crippen molar-refractivity contribution in [1.29, 1.82) is 0 Å². The quantitative estimate of drug-likeness (QED) is 0.507. The second-order valence-electron chi connectivity index (χ2n) is 11.8. The Bertz CT molecular complexity index is 1460. The summed E-state index contributed by atoms with van der Waals surface area (Å²) >= 11 is 0. The number of benzene rings is 2. The van der Waals surface area contributed by atoms with Crippen LogP contribution < -0.4 is 10.2 Å². The fourth-order valence-corrected chi connectivity index (χ4v) is 6.58. The molecule has 228 valence electrons. The molecule has 0 saturated carbocycles. The van der Waals surface area contributed by atoms with Crippen molar-refractivity contribution in [2.24, 2.45) is 22.7 Å². The van der Waals surface area contributed by atoms with Crippen molar-refractivity contribution >= 4 is 29.4 Å². The summed E-state index contributed by atoms with van der Waals surface area (Å²) in [6, 6.07) is 10.1. The minimum atomic E-state index is -4.89. The zero-order valence-corrected chi connectivity index (χ0v) is 23.7. The number of halogens is 4. The summed E-state index contributed by atoms with van der Waals surface area (Å²) in [6.07, 6.45) is -3.80. The molecule has 4 aliphatic heterocycles. The highest BCUT2D eigenvalue weighted by atomic mass is 19.4. The number of dihydropyridines is 1. The third-order valence-electron chi connectivity index (χ3n) is 8.69. The lowest BCUT2D eigenvalue weighted by atomic mass is 9.95. The topological polar surface area (TPSA) is 77.5 Å². The van der Waals surface area contributed by atoms with Gasteiger partial charge in [0.25, 0.3) is 5.91 Å². The SMILES string of the molecule is CN1CC2CN(c3ccc(-c4cc(CN5CCOCC5)ccc4F)cc3NC(=O)C3C=NC(=O)C=C3C(F)(F)F)CC2C1. The second kappa shape index (κ2) is 11.8. The van der Waals surface area contributed by atoms with E-state index in [2.05, 4.69) is 32.1 Å². The van der Waals surface area contributed by atoms with Crippen molar-refractivity contribution in [2.45, 2.75) is 12.7 Å². The zero-order chi connectivity index (χ0) is 30.3. The number of aliphatic imine (C=N–C) groups is 1. The number of fused-ring (bicyclic) bond motifs is 1. The van der Waals surface area contributed by atoms with Gasteiger partial charge in [0.05, 0.1) is 30.2 Å². The van der Waals surface area contributed by atoms with Crippen molar-refractivity contribution in [3.63, 3.8) is 0 Å². The lowest BCUT2D eigenvalue weighted by molar-refractivity contribution is -0.124. The molecule has 12 heteroatoms. The van der Waals surface area contributed by atoms with E-state index in [0.717, 1.165) is 51.0 Å². The minimum Gasteiger partial charge on any atom is -0.379 e. The van der Waals surface area contributed by atoms with Crippen LogP contribution in [0.1, 0.15) is 5.56 Å². The van der Waals surface area contributed by atoms with E-state index in [0.29, 0.717) is 54.5 Å². The summed E-state index contributed by atoms with van der Waals surface area (Å²) < 4.78 is 61.9. The summed E-state index contributed by atoms with van der Waals surface area (Å²) in [6.45, 7) is 6.78. The van der Waals surface area contributed by atoms with E-state index in [-0.39, 0.29) is 5.69 Å². The van der Waals surface area contributed by atoms with E-state index >= 15 is 4.39 Å². The van der Waals surface area contributed by atoms with Gasteiger partial charge in [-0.05, 0) is 54.3 Å². The van der Waals surface area contributed by atoms with Gasteiger partial charge in [0.2, 0.25) is 5.91 Å². The van der Waals surface area contributed by atoms with Crippen molar-refractivity contribution in [3.05, 3.63) is 59.4 Å². The van der Waals surface area contributed by atoms with Crippen LogP contribution >= 0.6 is 0 Å². The van der Waals surface area contributed by atoms with E-state index in [4.69, 9.17) is 4.74 Å². The van der Waals surface area contributed by atoms with Gasteiger partial charge in [-0.15, -0.1) is 0 Å². The number of anilines is 2. The molecule has 4 heterocycles. The molecule has 3 unspecified atom stereocenters. The Labute approximate surface area is 247 Å². The third-order valence-corrected chi connectivity index (χ3v) is 8.69. The molecular weight excluding hydrogens is 566 g/mol. The molecule has 0 radical (unpaired) electrons. The largest absolute Gasteiger partial charge is 0.414 e. The summed E-state index contributed by atoms with van der Waals surface area (Å²) in [7, 11) is 2.08. The first-order chi connectivity index (χ1) is 20.5. The van der Waals surface area contributed by atoms with Crippen LogP contribution in [-0.2, 0) is 20.9 Å². The number of rotatable bonds is 6. The van der Waals surface area contributed by atoms with E-state index in [9.17, 15) is 22.8 Å². The van der Waals surface area contributed by atoms with Crippen LogP contribution in [0.4, 0.5) is 28.9 Å². The Balaban J connectivity index is 1.33. The lowest BCUT2D eigenvalue weighted by Crippen LogP contribution is -2.35. The van der Waals surface area contributed by atoms with Crippen LogP contribution in [0.15, 0.2) is 53.0 Å². The molecular formula is C31H33F4N5O3. The van der Waals surface area contributed by atoms with Gasteiger partial charge in [0.15, 0.2) is 0 Å². The number of nitrogens with one attached hydrogen (secondary N) is 1. The number of nitrogens with zero attached hydrogens (tertiary/aromatic N) is 4. The average Bonchev–Trinajstić information content (AvgIpc) is 3.51. The normalized spacial score (nSPS) is 24.8. The van der Waals surface area contributed by atoms with Crippen LogP contribution in [0.2, 0.25) is 0 Å².